The molecule has 1 heterocycles. The minimum Gasteiger partial charge on any atom is -0.494 e. The predicted octanol–water partition coefficient (Wildman–Crippen LogP) is 1.63. The summed E-state index contributed by atoms with van der Waals surface area (Å²) in [7, 11) is 1.36. The van der Waals surface area contributed by atoms with E-state index in [0.29, 0.717) is 0 Å². The molecule has 3 unspecified atom stereocenters. The van der Waals surface area contributed by atoms with Gasteiger partial charge in [0.2, 0.25) is 0 Å². The largest absolute Gasteiger partial charge is 0.494 e. The number of benzene rings is 1. The lowest BCUT2D eigenvalue weighted by molar-refractivity contribution is -0.109. The molecule has 2 N–H and O–H groups in total. The van der Waals surface area contributed by atoms with E-state index in [0.717, 1.165) is 0 Å². The minimum atomic E-state index is -1.06. The summed E-state index contributed by atoms with van der Waals surface area (Å²) >= 11 is 11.9. The number of methoxy groups -OCH3 is 1. The second-order valence-electron chi connectivity index (χ2n) is 4.47. The highest BCUT2D eigenvalue weighted by atomic mass is 35.5. The summed E-state index contributed by atoms with van der Waals surface area (Å²) in [6.45, 7) is -0.219. The van der Waals surface area contributed by atoms with Gasteiger partial charge in [-0.2, -0.15) is 0 Å². The lowest BCUT2D eigenvalue weighted by Crippen LogP contribution is -2.28. The van der Waals surface area contributed by atoms with Gasteiger partial charge >= 0.3 is 5.97 Å². The average molecular weight is 337 g/mol. The van der Waals surface area contributed by atoms with Crippen LogP contribution in [0, 0.1) is 0 Å². The molecule has 0 aliphatic carbocycles. The summed E-state index contributed by atoms with van der Waals surface area (Å²) in [5, 5.41) is 19.2. The van der Waals surface area contributed by atoms with Gasteiger partial charge in [0.1, 0.15) is 18.3 Å². The van der Waals surface area contributed by atoms with E-state index in [1.54, 1.807) is 0 Å². The second-order valence-corrected chi connectivity index (χ2v) is 5.28. The number of carbonyl (C=O) groups excluding carboxylic acids is 1. The van der Waals surface area contributed by atoms with Crippen molar-refractivity contribution >= 4 is 29.2 Å². The van der Waals surface area contributed by atoms with Crippen LogP contribution in [0.4, 0.5) is 0 Å². The van der Waals surface area contributed by atoms with Crippen LogP contribution < -0.4 is 4.74 Å². The summed E-state index contributed by atoms with van der Waals surface area (Å²) in [6, 6.07) is 2.95. The van der Waals surface area contributed by atoms with Gasteiger partial charge < -0.3 is 24.4 Å². The number of carbonyl (C=O) groups is 1. The predicted molar refractivity (Wildman–Crippen MR) is 74.8 cm³/mol. The molecule has 116 valence electrons. The third-order valence-electron chi connectivity index (χ3n) is 3.05. The van der Waals surface area contributed by atoms with Crippen molar-refractivity contribution in [3.8, 4) is 5.75 Å². The molecule has 1 aromatic rings. The summed E-state index contributed by atoms with van der Waals surface area (Å²) in [6.07, 6.45) is -2.67. The molecule has 1 saturated heterocycles. The van der Waals surface area contributed by atoms with Gasteiger partial charge in [0.25, 0.3) is 0 Å². The maximum Gasteiger partial charge on any atom is 0.343 e. The Labute approximate surface area is 131 Å². The highest BCUT2D eigenvalue weighted by Crippen LogP contribution is 2.34. The van der Waals surface area contributed by atoms with Gasteiger partial charge in [-0.05, 0) is 12.1 Å². The maximum absolute atomic E-state index is 12.1. The van der Waals surface area contributed by atoms with E-state index in [1.165, 1.54) is 19.2 Å². The Balaban J connectivity index is 2.09. The van der Waals surface area contributed by atoms with Crippen molar-refractivity contribution in [1.82, 2.24) is 0 Å². The summed E-state index contributed by atoms with van der Waals surface area (Å²) < 4.78 is 15.1. The average Bonchev–Trinajstić information content (AvgIpc) is 2.76. The molecular weight excluding hydrogens is 323 g/mol. The summed E-state index contributed by atoms with van der Waals surface area (Å²) in [5.41, 5.74) is -0.000276. The molecular formula is C13H14Cl2O6. The molecule has 0 radical (unpaired) electrons. The minimum absolute atomic E-state index is 0.000276. The molecule has 1 fully saturated rings. The van der Waals surface area contributed by atoms with Gasteiger partial charge in [-0.15, -0.1) is 0 Å². The fraction of sp³-hybridized carbons (Fsp3) is 0.462. The number of esters is 1. The lowest BCUT2D eigenvalue weighted by Gasteiger charge is -2.15. The number of ether oxygens (including phenoxy) is 3. The first-order valence-corrected chi connectivity index (χ1v) is 6.90. The standard InChI is InChI=1S/C13H14Cl2O6/c1-19-12-7(15)3-2-6(14)11(12)13(18)20-5-9-8(16)4-10(17)21-9/h2-3,8-10,16-17H,4-5H2,1H3. The zero-order valence-corrected chi connectivity index (χ0v) is 12.6. The number of aliphatic hydroxyl groups is 2. The fourth-order valence-electron chi connectivity index (χ4n) is 2.01. The Morgan fingerprint density at radius 2 is 2.05 bits per heavy atom. The Kier molecular flexibility index (Phi) is 5.29. The number of hydrogen-bond donors (Lipinski definition) is 2. The number of hydrogen-bond acceptors (Lipinski definition) is 6. The van der Waals surface area contributed by atoms with Crippen molar-refractivity contribution in [1.29, 1.82) is 0 Å². The monoisotopic (exact) mass is 336 g/mol. The van der Waals surface area contributed by atoms with Gasteiger partial charge in [0, 0.05) is 6.42 Å². The van der Waals surface area contributed by atoms with E-state index < -0.39 is 24.5 Å². The normalized spacial score (nSPS) is 24.9. The van der Waals surface area contributed by atoms with E-state index in [4.69, 9.17) is 37.4 Å². The molecule has 1 aromatic carbocycles. The van der Waals surface area contributed by atoms with E-state index in [-0.39, 0.29) is 34.4 Å². The van der Waals surface area contributed by atoms with Gasteiger partial charge in [-0.1, -0.05) is 23.2 Å². The Hall–Kier alpha value is -1.05. The molecule has 0 bridgehead atoms. The molecule has 6 nitrogen and oxygen atoms in total. The fourth-order valence-corrected chi connectivity index (χ4v) is 2.47. The molecule has 21 heavy (non-hydrogen) atoms. The van der Waals surface area contributed by atoms with Crippen molar-refractivity contribution in [2.75, 3.05) is 13.7 Å². The number of aliphatic hydroxyl groups excluding tert-OH is 2. The molecule has 1 aliphatic heterocycles. The maximum atomic E-state index is 12.1. The van der Waals surface area contributed by atoms with Crippen LogP contribution in [0.1, 0.15) is 16.8 Å². The molecule has 0 aromatic heterocycles. The van der Waals surface area contributed by atoms with Gasteiger partial charge in [-0.25, -0.2) is 4.79 Å². The third kappa shape index (κ3) is 3.59. The van der Waals surface area contributed by atoms with E-state index in [2.05, 4.69) is 0 Å². The first-order valence-electron chi connectivity index (χ1n) is 6.14. The van der Waals surface area contributed by atoms with Crippen LogP contribution in [-0.4, -0.2) is 48.4 Å². The lowest BCUT2D eigenvalue weighted by atomic mass is 10.2. The van der Waals surface area contributed by atoms with Crippen LogP contribution >= 0.6 is 23.2 Å². The van der Waals surface area contributed by atoms with Crippen LogP contribution in [0.5, 0.6) is 5.75 Å². The highest BCUT2D eigenvalue weighted by Gasteiger charge is 2.34. The number of rotatable bonds is 4. The number of halogens is 2. The quantitative estimate of drug-likeness (QED) is 0.813. The molecule has 0 spiro atoms. The Morgan fingerprint density at radius 3 is 2.62 bits per heavy atom. The van der Waals surface area contributed by atoms with E-state index in [1.807, 2.05) is 0 Å². The zero-order valence-electron chi connectivity index (χ0n) is 11.1. The zero-order chi connectivity index (χ0) is 15.6. The molecule has 8 heteroatoms. The van der Waals surface area contributed by atoms with Crippen molar-refractivity contribution in [3.63, 3.8) is 0 Å². The van der Waals surface area contributed by atoms with Crippen molar-refractivity contribution in [2.45, 2.75) is 24.9 Å². The summed E-state index contributed by atoms with van der Waals surface area (Å²) in [4.78, 5) is 12.1. The van der Waals surface area contributed by atoms with Crippen LogP contribution in [0.2, 0.25) is 10.0 Å². The van der Waals surface area contributed by atoms with E-state index >= 15 is 0 Å². The van der Waals surface area contributed by atoms with Crippen LogP contribution in [0.25, 0.3) is 0 Å². The van der Waals surface area contributed by atoms with Gasteiger partial charge in [-0.3, -0.25) is 0 Å². The van der Waals surface area contributed by atoms with Crippen LogP contribution in [-0.2, 0) is 9.47 Å². The first kappa shape index (κ1) is 16.3. The van der Waals surface area contributed by atoms with Crippen molar-refractivity contribution in [3.05, 3.63) is 27.7 Å². The SMILES string of the molecule is COc1c(Cl)ccc(Cl)c1C(=O)OCC1OC(O)CC1O. The molecule has 1 aliphatic rings. The van der Waals surface area contributed by atoms with E-state index in [9.17, 15) is 15.0 Å². The molecule has 3 atom stereocenters. The first-order chi connectivity index (χ1) is 9.93. The Morgan fingerprint density at radius 1 is 1.38 bits per heavy atom. The van der Waals surface area contributed by atoms with Gasteiger partial charge in [0.15, 0.2) is 12.0 Å². The second kappa shape index (κ2) is 6.81. The van der Waals surface area contributed by atoms with Crippen LogP contribution in [0.15, 0.2) is 12.1 Å². The van der Waals surface area contributed by atoms with Gasteiger partial charge in [0.05, 0.1) is 23.3 Å². The van der Waals surface area contributed by atoms with Crippen LogP contribution in [0.3, 0.4) is 0 Å². The topological polar surface area (TPSA) is 85.2 Å². The highest BCUT2D eigenvalue weighted by molar-refractivity contribution is 6.37. The molecule has 2 rings (SSSR count). The Bertz CT molecular complexity index is 536. The summed E-state index contributed by atoms with van der Waals surface area (Å²) in [5.74, 6) is -0.640. The third-order valence-corrected chi connectivity index (χ3v) is 3.66. The van der Waals surface area contributed by atoms with Crippen molar-refractivity contribution < 1.29 is 29.2 Å². The van der Waals surface area contributed by atoms with Crippen molar-refractivity contribution in [2.24, 2.45) is 0 Å². The smallest absolute Gasteiger partial charge is 0.343 e. The molecule has 0 saturated carbocycles. The molecule has 0 amide bonds.